The zero-order valence-electron chi connectivity index (χ0n) is 10.7. The van der Waals surface area contributed by atoms with Gasteiger partial charge in [-0.25, -0.2) is 0 Å². The van der Waals surface area contributed by atoms with Crippen LogP contribution in [0.25, 0.3) is 0 Å². The van der Waals surface area contributed by atoms with Crippen molar-refractivity contribution in [1.29, 1.82) is 0 Å². The molecule has 1 aromatic heterocycles. The number of thioether (sulfide) groups is 1. The first-order chi connectivity index (χ1) is 9.19. The first-order valence-corrected chi connectivity index (χ1v) is 7.44. The third-order valence-electron chi connectivity index (χ3n) is 2.63. The lowest BCUT2D eigenvalue weighted by Crippen LogP contribution is -2.13. The molecule has 0 bridgehead atoms. The van der Waals surface area contributed by atoms with Crippen LogP contribution in [0.4, 0.5) is 0 Å². The first-order valence-electron chi connectivity index (χ1n) is 6.08. The van der Waals surface area contributed by atoms with E-state index in [-0.39, 0.29) is 0 Å². The molecule has 0 aliphatic carbocycles. The summed E-state index contributed by atoms with van der Waals surface area (Å²) in [5, 5.41) is 4.70. The molecule has 1 atom stereocenters. The second-order valence-corrected chi connectivity index (χ2v) is 5.79. The average Bonchev–Trinajstić information content (AvgIpc) is 2.85. The first kappa shape index (κ1) is 14.4. The normalized spacial score (nSPS) is 12.6. The van der Waals surface area contributed by atoms with Gasteiger partial charge in [0.1, 0.15) is 0 Å². The number of halogens is 1. The van der Waals surface area contributed by atoms with E-state index >= 15 is 0 Å². The number of hydrogen-bond donors (Lipinski definition) is 1. The van der Waals surface area contributed by atoms with Crippen LogP contribution in [-0.2, 0) is 12.2 Å². The third kappa shape index (κ3) is 4.23. The summed E-state index contributed by atoms with van der Waals surface area (Å²) >= 11 is 7.68. The Hall–Kier alpha value is -1.04. The highest BCUT2D eigenvalue weighted by Gasteiger charge is 2.10. The topological polar surface area (TPSA) is 64.9 Å². The maximum atomic E-state index is 6.08. The van der Waals surface area contributed by atoms with E-state index in [2.05, 4.69) is 17.1 Å². The lowest BCUT2D eigenvalue weighted by molar-refractivity contribution is 0.356. The molecule has 1 aromatic carbocycles. The number of benzene rings is 1. The Morgan fingerprint density at radius 2 is 2.21 bits per heavy atom. The van der Waals surface area contributed by atoms with Crippen molar-refractivity contribution >= 4 is 23.4 Å². The second kappa shape index (κ2) is 6.93. The van der Waals surface area contributed by atoms with Crippen molar-refractivity contribution in [2.75, 3.05) is 6.54 Å². The average molecular weight is 298 g/mol. The summed E-state index contributed by atoms with van der Waals surface area (Å²) in [6.07, 6.45) is 0.722. The van der Waals surface area contributed by atoms with Crippen molar-refractivity contribution in [2.45, 2.75) is 24.0 Å². The van der Waals surface area contributed by atoms with Gasteiger partial charge in [0.25, 0.3) is 0 Å². The predicted molar refractivity (Wildman–Crippen MR) is 77.2 cm³/mol. The summed E-state index contributed by atoms with van der Waals surface area (Å²) in [6, 6.07) is 7.71. The van der Waals surface area contributed by atoms with Crippen LogP contribution in [0.2, 0.25) is 5.02 Å². The van der Waals surface area contributed by atoms with Crippen LogP contribution in [0.1, 0.15) is 18.6 Å². The number of hydrogen-bond acceptors (Lipinski definition) is 5. The monoisotopic (exact) mass is 297 g/mol. The van der Waals surface area contributed by atoms with E-state index in [1.54, 1.807) is 11.8 Å². The summed E-state index contributed by atoms with van der Waals surface area (Å²) in [5.74, 6) is 2.32. The van der Waals surface area contributed by atoms with Crippen molar-refractivity contribution in [3.63, 3.8) is 0 Å². The largest absolute Gasteiger partial charge is 0.339 e. The molecule has 19 heavy (non-hydrogen) atoms. The Balaban J connectivity index is 1.92. The van der Waals surface area contributed by atoms with Gasteiger partial charge in [0.15, 0.2) is 5.82 Å². The molecule has 2 N–H and O–H groups in total. The van der Waals surface area contributed by atoms with Crippen molar-refractivity contribution in [1.82, 2.24) is 10.1 Å². The summed E-state index contributed by atoms with van der Waals surface area (Å²) in [4.78, 5) is 5.36. The minimum Gasteiger partial charge on any atom is -0.339 e. The van der Waals surface area contributed by atoms with E-state index in [4.69, 9.17) is 21.9 Å². The molecule has 0 spiro atoms. The van der Waals surface area contributed by atoms with Crippen LogP contribution >= 0.6 is 23.4 Å². The molecule has 1 unspecified atom stereocenters. The van der Waals surface area contributed by atoms with Crippen molar-refractivity contribution in [3.05, 3.63) is 41.0 Å². The van der Waals surface area contributed by atoms with Gasteiger partial charge in [-0.1, -0.05) is 35.8 Å². The Labute approximate surface area is 121 Å². The van der Waals surface area contributed by atoms with Gasteiger partial charge in [0.2, 0.25) is 5.89 Å². The van der Waals surface area contributed by atoms with Crippen LogP contribution in [0.5, 0.6) is 0 Å². The molecule has 2 aromatic rings. The van der Waals surface area contributed by atoms with Crippen LogP contribution in [0.3, 0.4) is 0 Å². The molecule has 0 aliphatic heterocycles. The number of rotatable bonds is 6. The Morgan fingerprint density at radius 1 is 1.42 bits per heavy atom. The number of nitrogens with two attached hydrogens (primary N) is 1. The van der Waals surface area contributed by atoms with Gasteiger partial charge in [-0.3, -0.25) is 0 Å². The Bertz CT molecular complexity index is 532. The fraction of sp³-hybridized carbons (Fsp3) is 0.385. The molecule has 0 radical (unpaired) electrons. The van der Waals surface area contributed by atoms with Crippen LogP contribution in [0, 0.1) is 5.92 Å². The fourth-order valence-electron chi connectivity index (χ4n) is 1.52. The highest BCUT2D eigenvalue weighted by atomic mass is 35.5. The fourth-order valence-corrected chi connectivity index (χ4v) is 2.60. The molecule has 2 rings (SSSR count). The number of nitrogens with zero attached hydrogens (tertiary/aromatic N) is 2. The van der Waals surface area contributed by atoms with Gasteiger partial charge in [-0.2, -0.15) is 4.98 Å². The Kier molecular flexibility index (Phi) is 5.24. The molecule has 4 nitrogen and oxygen atoms in total. The van der Waals surface area contributed by atoms with E-state index in [1.807, 2.05) is 24.3 Å². The van der Waals surface area contributed by atoms with Crippen LogP contribution in [-0.4, -0.2) is 16.7 Å². The van der Waals surface area contributed by atoms with E-state index in [0.29, 0.717) is 29.9 Å². The van der Waals surface area contributed by atoms with Gasteiger partial charge >= 0.3 is 0 Å². The van der Waals surface area contributed by atoms with E-state index < -0.39 is 0 Å². The highest BCUT2D eigenvalue weighted by Crippen LogP contribution is 2.28. The van der Waals surface area contributed by atoms with Crippen molar-refractivity contribution in [2.24, 2.45) is 11.7 Å². The summed E-state index contributed by atoms with van der Waals surface area (Å²) in [5.41, 5.74) is 5.57. The van der Waals surface area contributed by atoms with Crippen molar-refractivity contribution < 1.29 is 4.52 Å². The molecule has 0 amide bonds. The molecule has 0 saturated carbocycles. The van der Waals surface area contributed by atoms with E-state index in [0.717, 1.165) is 16.3 Å². The minimum absolute atomic E-state index is 0.351. The lowest BCUT2D eigenvalue weighted by atomic mass is 10.1. The molecule has 1 heterocycles. The minimum atomic E-state index is 0.351. The van der Waals surface area contributed by atoms with Gasteiger partial charge in [0, 0.05) is 11.3 Å². The molecular weight excluding hydrogens is 282 g/mol. The molecular formula is C13H16ClN3OS. The molecule has 6 heteroatoms. The van der Waals surface area contributed by atoms with Gasteiger partial charge in [-0.05, 0) is 24.6 Å². The summed E-state index contributed by atoms with van der Waals surface area (Å²) < 4.78 is 5.19. The summed E-state index contributed by atoms with van der Waals surface area (Å²) in [6.45, 7) is 2.68. The maximum absolute atomic E-state index is 6.08. The van der Waals surface area contributed by atoms with E-state index in [9.17, 15) is 0 Å². The maximum Gasteiger partial charge on any atom is 0.226 e. The quantitative estimate of drug-likeness (QED) is 0.830. The standard InChI is InChI=1S/C13H16ClN3OS/c1-9(7-15)6-13-16-12(17-18-13)8-19-11-5-3-2-4-10(11)14/h2-5,9H,6-8,15H2,1H3. The highest BCUT2D eigenvalue weighted by molar-refractivity contribution is 7.98. The predicted octanol–water partition coefficient (Wildman–Crippen LogP) is 3.15. The molecule has 102 valence electrons. The van der Waals surface area contributed by atoms with Crippen molar-refractivity contribution in [3.8, 4) is 0 Å². The second-order valence-electron chi connectivity index (χ2n) is 4.37. The Morgan fingerprint density at radius 3 is 2.95 bits per heavy atom. The van der Waals surface area contributed by atoms with Gasteiger partial charge < -0.3 is 10.3 Å². The summed E-state index contributed by atoms with van der Waals surface area (Å²) in [7, 11) is 0. The zero-order chi connectivity index (χ0) is 13.7. The SMILES string of the molecule is CC(CN)Cc1nc(CSc2ccccc2Cl)no1. The smallest absolute Gasteiger partial charge is 0.226 e. The lowest BCUT2D eigenvalue weighted by Gasteiger charge is -2.02. The molecule has 0 aliphatic rings. The van der Waals surface area contributed by atoms with Crippen LogP contribution in [0.15, 0.2) is 33.7 Å². The molecule has 0 saturated heterocycles. The third-order valence-corrected chi connectivity index (χ3v) is 4.14. The zero-order valence-corrected chi connectivity index (χ0v) is 12.2. The van der Waals surface area contributed by atoms with Gasteiger partial charge in [-0.15, -0.1) is 11.8 Å². The van der Waals surface area contributed by atoms with Crippen LogP contribution < -0.4 is 5.73 Å². The molecule has 0 fully saturated rings. The number of aromatic nitrogens is 2. The van der Waals surface area contributed by atoms with Gasteiger partial charge in [0.05, 0.1) is 10.8 Å². The van der Waals surface area contributed by atoms with E-state index in [1.165, 1.54) is 0 Å².